The first kappa shape index (κ1) is 14.5. The minimum atomic E-state index is -1.07. The molecular formula is C14H21ClO2. The molecule has 1 aromatic rings. The van der Waals surface area contributed by atoms with Crippen molar-refractivity contribution in [2.75, 3.05) is 6.61 Å². The lowest BCUT2D eigenvalue weighted by Gasteiger charge is -2.42. The second-order valence-corrected chi connectivity index (χ2v) is 5.48. The molecule has 1 aromatic carbocycles. The predicted octanol–water partition coefficient (Wildman–Crippen LogP) is 3.35. The smallest absolute Gasteiger partial charge is 0.0943 e. The van der Waals surface area contributed by atoms with Crippen molar-refractivity contribution >= 4 is 11.6 Å². The first-order chi connectivity index (χ1) is 7.87. The minimum absolute atomic E-state index is 0.0452. The Morgan fingerprint density at radius 2 is 1.71 bits per heavy atom. The molecule has 2 atom stereocenters. The lowest BCUT2D eigenvalue weighted by Crippen LogP contribution is -2.44. The van der Waals surface area contributed by atoms with Crippen LogP contribution in [0.3, 0.4) is 0 Å². The third kappa shape index (κ3) is 2.82. The molecule has 0 aliphatic heterocycles. The van der Waals surface area contributed by atoms with Crippen molar-refractivity contribution in [1.82, 2.24) is 0 Å². The standard InChI is InChI=1S/C14H21ClO2/c1-4-9-13(2,10-16)14(3,17)11-5-7-12(15)8-6-11/h5-8,16-17H,4,9-10H2,1-3H3. The molecule has 0 saturated heterocycles. The maximum absolute atomic E-state index is 10.7. The number of hydrogen-bond donors (Lipinski definition) is 2. The van der Waals surface area contributed by atoms with Crippen molar-refractivity contribution in [2.45, 2.75) is 39.2 Å². The normalized spacial score (nSPS) is 18.5. The number of benzene rings is 1. The topological polar surface area (TPSA) is 40.5 Å². The van der Waals surface area contributed by atoms with Crippen LogP contribution < -0.4 is 0 Å². The van der Waals surface area contributed by atoms with Gasteiger partial charge in [-0.15, -0.1) is 0 Å². The van der Waals surface area contributed by atoms with Crippen molar-refractivity contribution in [3.63, 3.8) is 0 Å². The number of halogens is 1. The Morgan fingerprint density at radius 1 is 1.18 bits per heavy atom. The van der Waals surface area contributed by atoms with Crippen LogP contribution in [0.25, 0.3) is 0 Å². The van der Waals surface area contributed by atoms with E-state index in [1.165, 1.54) is 0 Å². The van der Waals surface area contributed by atoms with Crippen LogP contribution in [0.4, 0.5) is 0 Å². The summed E-state index contributed by atoms with van der Waals surface area (Å²) in [6.45, 7) is 5.66. The molecule has 0 aliphatic rings. The van der Waals surface area contributed by atoms with Gasteiger partial charge in [0, 0.05) is 10.4 Å². The van der Waals surface area contributed by atoms with Crippen molar-refractivity contribution in [2.24, 2.45) is 5.41 Å². The van der Waals surface area contributed by atoms with Crippen LogP contribution in [0.5, 0.6) is 0 Å². The van der Waals surface area contributed by atoms with Gasteiger partial charge in [-0.2, -0.15) is 0 Å². The van der Waals surface area contributed by atoms with Crippen LogP contribution in [0.15, 0.2) is 24.3 Å². The zero-order valence-electron chi connectivity index (χ0n) is 10.7. The molecular weight excluding hydrogens is 236 g/mol. The summed E-state index contributed by atoms with van der Waals surface area (Å²) in [5.74, 6) is 0. The average molecular weight is 257 g/mol. The highest BCUT2D eigenvalue weighted by atomic mass is 35.5. The summed E-state index contributed by atoms with van der Waals surface area (Å²) in [5.41, 5.74) is -0.829. The van der Waals surface area contributed by atoms with Crippen LogP contribution in [-0.2, 0) is 5.60 Å². The largest absolute Gasteiger partial charge is 0.396 e. The summed E-state index contributed by atoms with van der Waals surface area (Å²) in [7, 11) is 0. The zero-order chi connectivity index (χ0) is 13.1. The van der Waals surface area contributed by atoms with E-state index in [0.717, 1.165) is 18.4 Å². The Bertz CT molecular complexity index is 359. The molecule has 1 rings (SSSR count). The second kappa shape index (κ2) is 5.38. The van der Waals surface area contributed by atoms with E-state index in [9.17, 15) is 10.2 Å². The van der Waals surface area contributed by atoms with E-state index in [-0.39, 0.29) is 6.61 Å². The summed E-state index contributed by atoms with van der Waals surface area (Å²) in [6, 6.07) is 7.14. The summed E-state index contributed by atoms with van der Waals surface area (Å²) >= 11 is 5.84. The Balaban J connectivity index is 3.11. The number of aliphatic hydroxyl groups excluding tert-OH is 1. The maximum Gasteiger partial charge on any atom is 0.0943 e. The van der Waals surface area contributed by atoms with E-state index < -0.39 is 11.0 Å². The van der Waals surface area contributed by atoms with Crippen LogP contribution in [0, 0.1) is 5.41 Å². The lowest BCUT2D eigenvalue weighted by molar-refractivity contribution is -0.0980. The second-order valence-electron chi connectivity index (χ2n) is 5.05. The summed E-state index contributed by atoms with van der Waals surface area (Å²) in [6.07, 6.45) is 1.68. The molecule has 0 radical (unpaired) electrons. The lowest BCUT2D eigenvalue weighted by atomic mass is 9.68. The number of aliphatic hydroxyl groups is 2. The van der Waals surface area contributed by atoms with E-state index in [1.807, 2.05) is 26.0 Å². The first-order valence-electron chi connectivity index (χ1n) is 5.96. The summed E-state index contributed by atoms with van der Waals surface area (Å²) < 4.78 is 0. The van der Waals surface area contributed by atoms with Gasteiger partial charge in [0.25, 0.3) is 0 Å². The zero-order valence-corrected chi connectivity index (χ0v) is 11.5. The van der Waals surface area contributed by atoms with Gasteiger partial charge in [-0.3, -0.25) is 0 Å². The minimum Gasteiger partial charge on any atom is -0.396 e. The molecule has 0 bridgehead atoms. The molecule has 2 N–H and O–H groups in total. The number of hydrogen-bond acceptors (Lipinski definition) is 2. The van der Waals surface area contributed by atoms with Crippen LogP contribution in [-0.4, -0.2) is 16.8 Å². The molecule has 0 spiro atoms. The van der Waals surface area contributed by atoms with Gasteiger partial charge in [0.15, 0.2) is 0 Å². The summed E-state index contributed by atoms with van der Waals surface area (Å²) in [4.78, 5) is 0. The highest BCUT2D eigenvalue weighted by Gasteiger charge is 2.43. The highest BCUT2D eigenvalue weighted by Crippen LogP contribution is 2.42. The summed E-state index contributed by atoms with van der Waals surface area (Å²) in [5, 5.41) is 20.9. The van der Waals surface area contributed by atoms with Gasteiger partial charge in [0.2, 0.25) is 0 Å². The fraction of sp³-hybridized carbons (Fsp3) is 0.571. The molecule has 17 heavy (non-hydrogen) atoms. The van der Waals surface area contributed by atoms with E-state index in [1.54, 1.807) is 19.1 Å². The van der Waals surface area contributed by atoms with Gasteiger partial charge in [0.1, 0.15) is 0 Å². The van der Waals surface area contributed by atoms with Gasteiger partial charge in [-0.05, 0) is 31.0 Å². The third-order valence-electron chi connectivity index (χ3n) is 3.73. The van der Waals surface area contributed by atoms with E-state index in [4.69, 9.17) is 11.6 Å². The SMILES string of the molecule is CCCC(C)(CO)C(C)(O)c1ccc(Cl)cc1. The maximum atomic E-state index is 10.7. The Kier molecular flexibility index (Phi) is 4.59. The molecule has 0 aromatic heterocycles. The molecule has 3 heteroatoms. The van der Waals surface area contributed by atoms with Crippen LogP contribution in [0.1, 0.15) is 39.2 Å². The fourth-order valence-corrected chi connectivity index (χ4v) is 2.28. The van der Waals surface area contributed by atoms with Crippen molar-refractivity contribution in [1.29, 1.82) is 0 Å². The highest BCUT2D eigenvalue weighted by molar-refractivity contribution is 6.30. The van der Waals surface area contributed by atoms with E-state index in [0.29, 0.717) is 5.02 Å². The monoisotopic (exact) mass is 256 g/mol. The number of rotatable bonds is 5. The molecule has 0 aliphatic carbocycles. The fourth-order valence-electron chi connectivity index (χ4n) is 2.15. The average Bonchev–Trinajstić information content (AvgIpc) is 2.29. The molecule has 2 unspecified atom stereocenters. The van der Waals surface area contributed by atoms with E-state index >= 15 is 0 Å². The van der Waals surface area contributed by atoms with Crippen molar-refractivity contribution < 1.29 is 10.2 Å². The Labute approximate surface area is 108 Å². The molecule has 0 fully saturated rings. The molecule has 0 saturated carbocycles. The molecule has 2 nitrogen and oxygen atoms in total. The molecule has 96 valence electrons. The Morgan fingerprint density at radius 3 is 2.12 bits per heavy atom. The van der Waals surface area contributed by atoms with Gasteiger partial charge < -0.3 is 10.2 Å². The first-order valence-corrected chi connectivity index (χ1v) is 6.34. The third-order valence-corrected chi connectivity index (χ3v) is 3.98. The van der Waals surface area contributed by atoms with Crippen LogP contribution in [0.2, 0.25) is 5.02 Å². The van der Waals surface area contributed by atoms with Crippen LogP contribution >= 0.6 is 11.6 Å². The van der Waals surface area contributed by atoms with Gasteiger partial charge in [-0.1, -0.05) is 44.0 Å². The van der Waals surface area contributed by atoms with Gasteiger partial charge in [0.05, 0.1) is 12.2 Å². The molecule has 0 amide bonds. The van der Waals surface area contributed by atoms with E-state index in [2.05, 4.69) is 0 Å². The quantitative estimate of drug-likeness (QED) is 0.848. The van der Waals surface area contributed by atoms with Crippen molar-refractivity contribution in [3.05, 3.63) is 34.9 Å². The predicted molar refractivity (Wildman–Crippen MR) is 71.1 cm³/mol. The van der Waals surface area contributed by atoms with Gasteiger partial charge in [-0.25, -0.2) is 0 Å². The molecule has 0 heterocycles. The van der Waals surface area contributed by atoms with Gasteiger partial charge >= 0.3 is 0 Å². The van der Waals surface area contributed by atoms with Crippen molar-refractivity contribution in [3.8, 4) is 0 Å². The Hall–Kier alpha value is -0.570.